The van der Waals surface area contributed by atoms with Gasteiger partial charge in [0.05, 0.1) is 42.5 Å². The van der Waals surface area contributed by atoms with Gasteiger partial charge in [-0.05, 0) is 393 Å². The van der Waals surface area contributed by atoms with E-state index < -0.39 is 12.2 Å². The first-order valence-electron chi connectivity index (χ1n) is 44.3. The maximum atomic E-state index is 13.6. The van der Waals surface area contributed by atoms with Crippen molar-refractivity contribution in [3.63, 3.8) is 0 Å². The summed E-state index contributed by atoms with van der Waals surface area (Å²) in [5.41, 5.74) is -0.475. The van der Waals surface area contributed by atoms with Crippen molar-refractivity contribution in [2.75, 3.05) is 13.2 Å². The van der Waals surface area contributed by atoms with Crippen LogP contribution in [-0.2, 0) is 47.7 Å². The molecule has 22 aliphatic carbocycles. The predicted molar refractivity (Wildman–Crippen MR) is 460 cm³/mol. The van der Waals surface area contributed by atoms with Crippen LogP contribution < -0.4 is 0 Å². The van der Waals surface area contributed by atoms with Gasteiger partial charge < -0.3 is 33.9 Å². The molecule has 23 fully saturated rings. The maximum Gasteiger partial charge on any atom is 0.347 e. The van der Waals surface area contributed by atoms with E-state index in [1.165, 1.54) is 89.9 Å². The molecule has 22 bridgehead atoms. The molecule has 12 heteroatoms. The van der Waals surface area contributed by atoms with Crippen molar-refractivity contribution in [1.29, 1.82) is 0 Å². The zero-order valence-electron chi connectivity index (χ0n) is 66.2. The number of ether oxygens (including phenoxy) is 5. The van der Waals surface area contributed by atoms with Crippen LogP contribution in [-0.4, -0.2) is 82.8 Å². The molecule has 43 unspecified atom stereocenters. The molecule has 12 nitrogen and oxygen atoms in total. The number of carbonyl (C=O) groups is 5. The summed E-state index contributed by atoms with van der Waals surface area (Å²) in [6.07, 6.45) is 23.8. The number of fused-ring (bicyclic) bond motifs is 38. The molecule has 1 aliphatic heterocycles. The number of esters is 5. The van der Waals surface area contributed by atoms with Crippen molar-refractivity contribution in [2.45, 2.75) is 336 Å². The van der Waals surface area contributed by atoms with Crippen molar-refractivity contribution in [3.05, 3.63) is 0 Å². The van der Waals surface area contributed by atoms with Gasteiger partial charge in [-0.3, -0.25) is 19.2 Å². The number of hydrogen-bond donors (Lipinski definition) is 2. The van der Waals surface area contributed by atoms with Crippen molar-refractivity contribution in [1.82, 2.24) is 0 Å². The van der Waals surface area contributed by atoms with E-state index in [0.717, 1.165) is 216 Å². The normalized spacial score (nSPS) is 53.1. The van der Waals surface area contributed by atoms with Crippen LogP contribution in [0.3, 0.4) is 0 Å². The van der Waals surface area contributed by atoms with Crippen molar-refractivity contribution in [2.24, 2.45) is 260 Å². The molecule has 0 amide bonds. The van der Waals surface area contributed by atoms with Gasteiger partial charge in [-0.15, -0.1) is 0 Å². The van der Waals surface area contributed by atoms with E-state index in [2.05, 4.69) is 76.2 Å². The van der Waals surface area contributed by atoms with Crippen molar-refractivity contribution < 1.29 is 57.9 Å². The van der Waals surface area contributed by atoms with E-state index >= 15 is 0 Å². The number of aliphatic hydroxyl groups is 2. The summed E-state index contributed by atoms with van der Waals surface area (Å²) in [5.74, 6) is 33.7. The Morgan fingerprint density at radius 1 is 0.398 bits per heavy atom. The molecule has 43 atom stereocenters. The lowest BCUT2D eigenvalue weighted by Gasteiger charge is -2.59. The minimum atomic E-state index is -0.642. The number of rotatable bonds is 8. The lowest BCUT2D eigenvalue weighted by molar-refractivity contribution is -0.209. The van der Waals surface area contributed by atoms with Gasteiger partial charge in [0.2, 0.25) is 6.10 Å². The van der Waals surface area contributed by atoms with E-state index in [4.69, 9.17) is 28.8 Å². The molecule has 1 saturated heterocycles. The number of cyclic esters (lactones) is 1. The zero-order valence-corrected chi connectivity index (χ0v) is 66.2. The van der Waals surface area contributed by atoms with Gasteiger partial charge in [0.1, 0.15) is 17.8 Å². The highest BCUT2D eigenvalue weighted by molar-refractivity contribution is 5.82. The Balaban J connectivity index is 0.000000176. The third-order valence-corrected chi connectivity index (χ3v) is 39.6. The molecule has 2 N–H and O–H groups in total. The van der Waals surface area contributed by atoms with Gasteiger partial charge in [0, 0.05) is 6.42 Å². The van der Waals surface area contributed by atoms with E-state index in [0.29, 0.717) is 66.3 Å². The Kier molecular flexibility index (Phi) is 29.4. The van der Waals surface area contributed by atoms with Crippen LogP contribution >= 0.6 is 0 Å². The van der Waals surface area contributed by atoms with Crippen LogP contribution in [0.15, 0.2) is 0 Å². The third kappa shape index (κ3) is 14.9. The van der Waals surface area contributed by atoms with E-state index in [-0.39, 0.29) is 152 Å². The zero-order chi connectivity index (χ0) is 72.1. The van der Waals surface area contributed by atoms with Crippen LogP contribution in [0.5, 0.6) is 0 Å². The lowest BCUT2D eigenvalue weighted by atomic mass is 9.50. The fraction of sp³-hybridized carbons (Fsp3) is 0.950. The van der Waals surface area contributed by atoms with E-state index in [1.807, 2.05) is 20.8 Å². The molecule has 0 aromatic carbocycles. The molecule has 22 saturated carbocycles. The number of hydrogen-bond acceptors (Lipinski definition) is 12. The first-order chi connectivity index (χ1) is 49.0. The monoisotopic (exact) mass is 1580 g/mol. The molecule has 654 valence electrons. The highest BCUT2D eigenvalue weighted by Gasteiger charge is 2.72. The summed E-state index contributed by atoms with van der Waals surface area (Å²) in [5, 5.41) is 19.1. The summed E-state index contributed by atoms with van der Waals surface area (Å²) in [7, 11) is 0. The smallest absolute Gasteiger partial charge is 0.347 e. The Morgan fingerprint density at radius 3 is 1.09 bits per heavy atom. The second-order valence-corrected chi connectivity index (χ2v) is 43.7. The molecule has 23 rings (SSSR count). The minimum absolute atomic E-state index is 0. The van der Waals surface area contributed by atoms with Crippen molar-refractivity contribution in [3.8, 4) is 0 Å². The Hall–Kier alpha value is -2.73. The topological polar surface area (TPSA) is 172 Å². The van der Waals surface area contributed by atoms with Gasteiger partial charge in [-0.2, -0.15) is 0 Å². The molecule has 0 aromatic heterocycles. The van der Waals surface area contributed by atoms with Gasteiger partial charge in [-0.25, -0.2) is 4.79 Å². The fourth-order valence-corrected chi connectivity index (χ4v) is 35.0. The molecular weight excluding hydrogens is 1410 g/mol. The average molecular weight is 1580 g/mol. The highest BCUT2D eigenvalue weighted by atomic mass is 16.6. The maximum absolute atomic E-state index is 13.6. The SMILES string of the molecule is C.C.C.C.C.C.C.C.C.C.CC(O)COC(=O)C1CC2CC1C(C)C2C.CC1C(C)C2CC1C1C3CC(C(=O)OC(C)(C)C)C(C3)C21.CC1C(C)C2CC1C1C3CC(C(=O)OC4(C)C5CC6CC(C5)CC4C6)C(C3)C21.CC1C(C)C2CC1C1C3CC(C(=O)OC4CCOC4=O)C(C3)C21.CC1C(C)C2CC1C1C3CC(O)C(C3)C21. The van der Waals surface area contributed by atoms with Gasteiger partial charge >= 0.3 is 29.8 Å². The van der Waals surface area contributed by atoms with E-state index in [1.54, 1.807) is 6.92 Å². The van der Waals surface area contributed by atoms with Gasteiger partial charge in [-0.1, -0.05) is 144 Å². The fourth-order valence-electron chi connectivity index (χ4n) is 35.0. The Labute approximate surface area is 693 Å². The van der Waals surface area contributed by atoms with E-state index in [9.17, 15) is 29.1 Å². The lowest BCUT2D eigenvalue weighted by Crippen LogP contribution is -2.58. The summed E-state index contributed by atoms with van der Waals surface area (Å²) in [4.78, 5) is 62.2. The molecule has 0 spiro atoms. The van der Waals surface area contributed by atoms with Crippen LogP contribution in [0.1, 0.15) is 307 Å². The molecule has 113 heavy (non-hydrogen) atoms. The number of carbonyl (C=O) groups excluding carboxylic acids is 5. The Bertz CT molecular complexity index is 3230. The van der Waals surface area contributed by atoms with Crippen molar-refractivity contribution >= 4 is 29.8 Å². The van der Waals surface area contributed by atoms with Crippen LogP contribution in [0, 0.1) is 260 Å². The summed E-state index contributed by atoms with van der Waals surface area (Å²) in [6, 6.07) is 0. The number of aliphatic hydroxyl groups excluding tert-OH is 2. The largest absolute Gasteiger partial charge is 0.463 e. The van der Waals surface area contributed by atoms with Crippen LogP contribution in [0.4, 0.5) is 0 Å². The minimum Gasteiger partial charge on any atom is -0.463 e. The predicted octanol–water partition coefficient (Wildman–Crippen LogP) is 23.1. The molecule has 23 aliphatic rings. The standard InChI is InChI=1S/C26H38O2.C19H26O4.C19H30O2.C14H22O.C13H22O3.10CH4/c1-12-13(2)20-11-19(12)23-16-9-21(24(20)23)22(10-16)25(27)28-26(3)17-5-14-4-15(7-17)8-18(26)6-14;1-8-9(2)12-7-11(8)16-10-5-13(17(12)16)14(6-10)18(20)23-15-3-4-22-19(15)21;1-9-10(2)13-8-12(9)16-11-6-14(17(13)16)15(7-11)18(20)21-19(3,4)5;1-6-7(2)10-5-9(6)13-8-3-11(14(10)13)12(15)4-8;1-7(14)6-16-13(15)12-5-10-4-11(12)9(3)8(10)2;;;;;;;;;;/h12-24H,4-11H2,1-3H3;8-17H,3-7H2,1-2H3;9-17H,6-8H2,1-5H3;6-15H,3-5H2,1-2H3;7-12,14H,4-6H2,1-3H3;10*1H4. The first-order valence-corrected chi connectivity index (χ1v) is 44.3. The molecule has 0 radical (unpaired) electrons. The molecular formula is C101H178O12. The van der Waals surface area contributed by atoms with Crippen LogP contribution in [0.2, 0.25) is 0 Å². The summed E-state index contributed by atoms with van der Waals surface area (Å²) in [6.45, 7) is 34.7. The third-order valence-electron chi connectivity index (χ3n) is 39.6. The summed E-state index contributed by atoms with van der Waals surface area (Å²) < 4.78 is 27.9. The first kappa shape index (κ1) is 95.7. The van der Waals surface area contributed by atoms with Gasteiger partial charge in [0.15, 0.2) is 0 Å². The highest BCUT2D eigenvalue weighted by Crippen LogP contribution is 2.76. The quantitative estimate of drug-likeness (QED) is 0.134. The average Bonchev–Trinajstić information content (AvgIpc) is 1.57. The molecule has 1 heterocycles. The van der Waals surface area contributed by atoms with Gasteiger partial charge in [0.25, 0.3) is 0 Å². The Morgan fingerprint density at radius 2 is 0.726 bits per heavy atom. The molecule has 0 aromatic rings. The summed E-state index contributed by atoms with van der Waals surface area (Å²) >= 11 is 0. The second-order valence-electron chi connectivity index (χ2n) is 43.7. The van der Waals surface area contributed by atoms with Crippen LogP contribution in [0.25, 0.3) is 0 Å². The second kappa shape index (κ2) is 34.6.